The molecular weight excluding hydrogens is 440 g/mol. The highest BCUT2D eigenvalue weighted by Gasteiger charge is 2.23. The van der Waals surface area contributed by atoms with Crippen LogP contribution < -0.4 is 15.0 Å². The third-order valence-electron chi connectivity index (χ3n) is 5.64. The Kier molecular flexibility index (Phi) is 7.20. The second-order valence-corrected chi connectivity index (χ2v) is 7.93. The van der Waals surface area contributed by atoms with Crippen LogP contribution in [0.1, 0.15) is 18.9 Å². The van der Waals surface area contributed by atoms with Crippen LogP contribution in [0.25, 0.3) is 10.9 Å². The number of urea groups is 1. The molecular formula is C25H27F2N5O2. The number of anilines is 2. The Bertz CT molecular complexity index is 1220. The molecule has 0 atom stereocenters. The maximum atomic E-state index is 13.8. The lowest BCUT2D eigenvalue weighted by molar-refractivity contribution is 0.215. The van der Waals surface area contributed by atoms with E-state index in [1.165, 1.54) is 0 Å². The van der Waals surface area contributed by atoms with Gasteiger partial charge in [-0.15, -0.1) is 0 Å². The van der Waals surface area contributed by atoms with Crippen LogP contribution in [0.2, 0.25) is 0 Å². The second kappa shape index (κ2) is 10.5. The molecule has 1 aliphatic rings. The van der Waals surface area contributed by atoms with Crippen LogP contribution in [0.15, 0.2) is 47.5 Å². The van der Waals surface area contributed by atoms with Crippen LogP contribution in [-0.2, 0) is 0 Å². The van der Waals surface area contributed by atoms with Crippen molar-refractivity contribution in [3.8, 4) is 5.75 Å². The van der Waals surface area contributed by atoms with Crippen molar-refractivity contribution in [1.29, 1.82) is 0 Å². The van der Waals surface area contributed by atoms with Gasteiger partial charge in [0.1, 0.15) is 11.6 Å². The highest BCUT2D eigenvalue weighted by Crippen LogP contribution is 2.27. The number of nitrogens with one attached hydrogen (secondary N) is 1. The summed E-state index contributed by atoms with van der Waals surface area (Å²) in [4.78, 5) is 25.5. The fourth-order valence-electron chi connectivity index (χ4n) is 4.04. The molecule has 2 amide bonds. The third-order valence-corrected chi connectivity index (χ3v) is 5.64. The monoisotopic (exact) mass is 467 g/mol. The molecule has 2 aromatic carbocycles. The van der Waals surface area contributed by atoms with E-state index in [1.807, 2.05) is 31.2 Å². The maximum Gasteiger partial charge on any atom is 0.322 e. The number of amides is 2. The van der Waals surface area contributed by atoms with Gasteiger partial charge in [0.05, 0.1) is 17.8 Å². The summed E-state index contributed by atoms with van der Waals surface area (Å²) in [7, 11) is 1.65. The van der Waals surface area contributed by atoms with E-state index < -0.39 is 11.6 Å². The van der Waals surface area contributed by atoms with Gasteiger partial charge in [-0.3, -0.25) is 4.99 Å². The van der Waals surface area contributed by atoms with Crippen molar-refractivity contribution in [1.82, 2.24) is 9.88 Å². The van der Waals surface area contributed by atoms with Crippen LogP contribution in [0.4, 0.5) is 25.1 Å². The molecule has 0 radical (unpaired) electrons. The van der Waals surface area contributed by atoms with Gasteiger partial charge in [-0.25, -0.2) is 18.6 Å². The number of aromatic nitrogens is 1. The van der Waals surface area contributed by atoms with E-state index in [0.717, 1.165) is 18.6 Å². The number of rotatable bonds is 5. The first-order valence-electron chi connectivity index (χ1n) is 11.2. The number of halogens is 2. The van der Waals surface area contributed by atoms with Crippen molar-refractivity contribution in [3.63, 3.8) is 0 Å². The molecule has 0 spiro atoms. The van der Waals surface area contributed by atoms with E-state index in [2.05, 4.69) is 20.2 Å². The summed E-state index contributed by atoms with van der Waals surface area (Å²) >= 11 is 0. The molecule has 4 rings (SSSR count). The van der Waals surface area contributed by atoms with E-state index >= 15 is 0 Å². The van der Waals surface area contributed by atoms with Gasteiger partial charge in [0.25, 0.3) is 0 Å². The Morgan fingerprint density at radius 2 is 1.94 bits per heavy atom. The van der Waals surface area contributed by atoms with Crippen LogP contribution in [0.5, 0.6) is 5.75 Å². The summed E-state index contributed by atoms with van der Waals surface area (Å²) < 4.78 is 33.1. The molecule has 2 heterocycles. The summed E-state index contributed by atoms with van der Waals surface area (Å²) in [5.74, 6) is -0.590. The largest absolute Gasteiger partial charge is 0.492 e. The number of ether oxygens (including phenoxy) is 1. The van der Waals surface area contributed by atoms with Gasteiger partial charge in [-0.2, -0.15) is 0 Å². The highest BCUT2D eigenvalue weighted by atomic mass is 19.2. The van der Waals surface area contributed by atoms with Gasteiger partial charge in [0, 0.05) is 56.5 Å². The number of aliphatic imine (C=N–C) groups is 1. The van der Waals surface area contributed by atoms with Crippen LogP contribution in [0.3, 0.4) is 0 Å². The Morgan fingerprint density at radius 3 is 2.74 bits per heavy atom. The Hall–Kier alpha value is -3.75. The first-order valence-corrected chi connectivity index (χ1v) is 11.2. The molecule has 1 aliphatic heterocycles. The molecule has 0 saturated carbocycles. The lowest BCUT2D eigenvalue weighted by Gasteiger charge is -2.25. The zero-order valence-corrected chi connectivity index (χ0v) is 19.2. The number of pyridine rings is 1. The average molecular weight is 468 g/mol. The molecule has 0 aliphatic carbocycles. The highest BCUT2D eigenvalue weighted by molar-refractivity contribution is 5.94. The van der Waals surface area contributed by atoms with Crippen molar-refractivity contribution in [2.45, 2.75) is 13.3 Å². The zero-order chi connectivity index (χ0) is 24.1. The molecule has 1 saturated heterocycles. The molecule has 1 N–H and O–H groups in total. The molecule has 0 bridgehead atoms. The lowest BCUT2D eigenvalue weighted by atomic mass is 10.1. The van der Waals surface area contributed by atoms with Gasteiger partial charge in [0.2, 0.25) is 0 Å². The van der Waals surface area contributed by atoms with Crippen molar-refractivity contribution in [2.75, 3.05) is 50.1 Å². The zero-order valence-electron chi connectivity index (χ0n) is 19.2. The summed E-state index contributed by atoms with van der Waals surface area (Å²) in [5, 5.41) is 3.45. The van der Waals surface area contributed by atoms with E-state index in [0.29, 0.717) is 66.5 Å². The van der Waals surface area contributed by atoms with Gasteiger partial charge in [0.15, 0.2) is 11.6 Å². The average Bonchev–Trinajstić information content (AvgIpc) is 3.08. The third kappa shape index (κ3) is 5.08. The van der Waals surface area contributed by atoms with E-state index in [4.69, 9.17) is 4.74 Å². The number of hydrogen-bond donors (Lipinski definition) is 1. The number of fused-ring (bicyclic) bond motifs is 1. The van der Waals surface area contributed by atoms with Crippen molar-refractivity contribution in [2.24, 2.45) is 4.99 Å². The minimum atomic E-state index is -0.936. The molecule has 34 heavy (non-hydrogen) atoms. The SMILES string of the molecule is CCOc1ccccc1NC(=O)N1CCCN(c2nc3cc(F)c(F)cc3cc2C=NC)CC1. The number of carbonyl (C=O) groups excluding carboxylic acids is 1. The van der Waals surface area contributed by atoms with E-state index in [9.17, 15) is 13.6 Å². The molecule has 9 heteroatoms. The smallest absolute Gasteiger partial charge is 0.322 e. The minimum absolute atomic E-state index is 0.201. The standard InChI is InChI=1S/C25H27F2N5O2/c1-3-34-23-8-5-4-7-21(23)30-25(33)32-10-6-9-31(11-12-32)24-18(16-28-2)13-17-14-19(26)20(27)15-22(17)29-24/h4-5,7-8,13-16H,3,6,9-12H2,1-2H3,(H,30,33). The molecule has 1 fully saturated rings. The Morgan fingerprint density at radius 1 is 1.15 bits per heavy atom. The van der Waals surface area contributed by atoms with E-state index in [1.54, 1.807) is 24.2 Å². The molecule has 7 nitrogen and oxygen atoms in total. The summed E-state index contributed by atoms with van der Waals surface area (Å²) in [6.45, 7) is 4.64. The van der Waals surface area contributed by atoms with Gasteiger partial charge < -0.3 is 19.9 Å². The van der Waals surface area contributed by atoms with Gasteiger partial charge in [-0.1, -0.05) is 12.1 Å². The summed E-state index contributed by atoms with van der Waals surface area (Å²) in [6, 6.07) is 11.1. The van der Waals surface area contributed by atoms with Crippen LogP contribution in [-0.4, -0.2) is 62.0 Å². The number of benzene rings is 2. The maximum absolute atomic E-state index is 13.8. The normalized spacial score (nSPS) is 14.5. The Balaban J connectivity index is 1.53. The quantitative estimate of drug-likeness (QED) is 0.552. The van der Waals surface area contributed by atoms with Crippen molar-refractivity contribution >= 4 is 34.7 Å². The predicted octanol–water partition coefficient (Wildman–Crippen LogP) is 4.70. The van der Waals surface area contributed by atoms with Gasteiger partial charge >= 0.3 is 6.03 Å². The fraction of sp³-hybridized carbons (Fsp3) is 0.320. The van der Waals surface area contributed by atoms with Crippen molar-refractivity contribution in [3.05, 3.63) is 59.7 Å². The summed E-state index contributed by atoms with van der Waals surface area (Å²) in [5.41, 5.74) is 1.71. The number of carbonyl (C=O) groups is 1. The van der Waals surface area contributed by atoms with Crippen LogP contribution >= 0.6 is 0 Å². The molecule has 0 unspecified atom stereocenters. The first kappa shape index (κ1) is 23.4. The van der Waals surface area contributed by atoms with Crippen LogP contribution in [0, 0.1) is 11.6 Å². The number of hydrogen-bond acceptors (Lipinski definition) is 5. The van der Waals surface area contributed by atoms with Gasteiger partial charge in [-0.05, 0) is 37.6 Å². The predicted molar refractivity (Wildman–Crippen MR) is 130 cm³/mol. The lowest BCUT2D eigenvalue weighted by Crippen LogP contribution is -2.38. The summed E-state index contributed by atoms with van der Waals surface area (Å²) in [6.07, 6.45) is 2.38. The minimum Gasteiger partial charge on any atom is -0.492 e. The second-order valence-electron chi connectivity index (χ2n) is 7.93. The fourth-order valence-corrected chi connectivity index (χ4v) is 4.04. The molecule has 1 aromatic heterocycles. The van der Waals surface area contributed by atoms with E-state index in [-0.39, 0.29) is 6.03 Å². The molecule has 3 aromatic rings. The topological polar surface area (TPSA) is 70.1 Å². The number of nitrogens with zero attached hydrogens (tertiary/aromatic N) is 4. The van der Waals surface area contributed by atoms with Crippen molar-refractivity contribution < 1.29 is 18.3 Å². The number of para-hydroxylation sites is 2. The first-order chi connectivity index (χ1) is 16.5. The Labute approximate surface area is 197 Å². The molecule has 178 valence electrons.